The van der Waals surface area contributed by atoms with Crippen LogP contribution in [-0.2, 0) is 12.8 Å². The van der Waals surface area contributed by atoms with Crippen LogP contribution in [0.5, 0.6) is 0 Å². The Hall–Kier alpha value is -1.34. The predicted octanol–water partition coefficient (Wildman–Crippen LogP) is 3.74. The van der Waals surface area contributed by atoms with Gasteiger partial charge in [-0.1, -0.05) is 43.2 Å². The van der Waals surface area contributed by atoms with Crippen molar-refractivity contribution >= 4 is 10.8 Å². The first kappa shape index (κ1) is 10.6. The van der Waals surface area contributed by atoms with Crippen molar-refractivity contribution in [2.24, 2.45) is 11.7 Å². The Balaban J connectivity index is 1.85. The van der Waals surface area contributed by atoms with E-state index in [1.54, 1.807) is 0 Å². The lowest BCUT2D eigenvalue weighted by molar-refractivity contribution is 0.600. The molecule has 1 unspecified atom stereocenters. The Morgan fingerprint density at radius 2 is 1.83 bits per heavy atom. The van der Waals surface area contributed by atoms with Crippen LogP contribution < -0.4 is 5.73 Å². The van der Waals surface area contributed by atoms with Crippen LogP contribution in [-0.4, -0.2) is 0 Å². The van der Waals surface area contributed by atoms with E-state index >= 15 is 0 Å². The molecule has 1 heteroatoms. The first-order valence-electron chi connectivity index (χ1n) is 7.12. The largest absolute Gasteiger partial charge is 0.324 e. The highest BCUT2D eigenvalue weighted by atomic mass is 14.6. The fourth-order valence-electron chi connectivity index (χ4n) is 3.43. The summed E-state index contributed by atoms with van der Waals surface area (Å²) in [6.07, 6.45) is 6.34. The van der Waals surface area contributed by atoms with Gasteiger partial charge in [0.2, 0.25) is 0 Å². The smallest absolute Gasteiger partial charge is 0.0303 e. The van der Waals surface area contributed by atoms with Gasteiger partial charge in [0.25, 0.3) is 0 Å². The summed E-state index contributed by atoms with van der Waals surface area (Å²) < 4.78 is 0. The first-order valence-corrected chi connectivity index (χ1v) is 7.12. The van der Waals surface area contributed by atoms with Crippen LogP contribution in [0.2, 0.25) is 0 Å². The summed E-state index contributed by atoms with van der Waals surface area (Å²) in [6.45, 7) is 0. The van der Waals surface area contributed by atoms with Crippen molar-refractivity contribution in [3.05, 3.63) is 47.0 Å². The van der Waals surface area contributed by atoms with Gasteiger partial charge in [-0.25, -0.2) is 0 Å². The van der Waals surface area contributed by atoms with Crippen LogP contribution in [0.3, 0.4) is 0 Å². The molecule has 92 valence electrons. The fourth-order valence-corrected chi connectivity index (χ4v) is 3.43. The van der Waals surface area contributed by atoms with Crippen LogP contribution in [0.1, 0.15) is 42.0 Å². The number of rotatable bonds is 3. The lowest BCUT2D eigenvalue weighted by Gasteiger charge is -2.15. The van der Waals surface area contributed by atoms with E-state index < -0.39 is 0 Å². The summed E-state index contributed by atoms with van der Waals surface area (Å²) in [5, 5.41) is 2.91. The summed E-state index contributed by atoms with van der Waals surface area (Å²) in [7, 11) is 0. The topological polar surface area (TPSA) is 26.0 Å². The molecule has 4 rings (SSSR count). The zero-order valence-electron chi connectivity index (χ0n) is 10.7. The Morgan fingerprint density at radius 3 is 2.61 bits per heavy atom. The van der Waals surface area contributed by atoms with Gasteiger partial charge in [0.15, 0.2) is 0 Å². The molecule has 0 aliphatic heterocycles. The SMILES string of the molecule is NC(CC1CC1)c1ccc2c3c(cccc13)CC2. The van der Waals surface area contributed by atoms with E-state index in [2.05, 4.69) is 30.3 Å². The third kappa shape index (κ3) is 1.58. The minimum atomic E-state index is 0.224. The average Bonchev–Trinajstić information content (AvgIpc) is 3.10. The molecule has 1 fully saturated rings. The monoisotopic (exact) mass is 237 g/mol. The minimum Gasteiger partial charge on any atom is -0.324 e. The van der Waals surface area contributed by atoms with E-state index in [0.717, 1.165) is 5.92 Å². The highest BCUT2D eigenvalue weighted by molar-refractivity contribution is 5.93. The van der Waals surface area contributed by atoms with Crippen molar-refractivity contribution < 1.29 is 0 Å². The minimum absolute atomic E-state index is 0.224. The third-order valence-corrected chi connectivity index (χ3v) is 4.59. The number of hydrogen-bond donors (Lipinski definition) is 1. The van der Waals surface area contributed by atoms with Crippen molar-refractivity contribution in [2.45, 2.75) is 38.1 Å². The molecule has 2 aromatic rings. The molecule has 18 heavy (non-hydrogen) atoms. The van der Waals surface area contributed by atoms with Crippen molar-refractivity contribution in [3.63, 3.8) is 0 Å². The molecule has 2 aliphatic carbocycles. The van der Waals surface area contributed by atoms with Crippen molar-refractivity contribution in [1.82, 2.24) is 0 Å². The number of aryl methyl sites for hydroxylation is 2. The van der Waals surface area contributed by atoms with E-state index in [0.29, 0.717) is 0 Å². The second-order valence-electron chi connectivity index (χ2n) is 5.94. The molecule has 2 aromatic carbocycles. The molecule has 0 spiro atoms. The van der Waals surface area contributed by atoms with E-state index in [4.69, 9.17) is 5.73 Å². The zero-order valence-corrected chi connectivity index (χ0v) is 10.7. The van der Waals surface area contributed by atoms with Crippen LogP contribution in [0.4, 0.5) is 0 Å². The maximum absolute atomic E-state index is 6.42. The molecule has 0 saturated heterocycles. The second-order valence-corrected chi connectivity index (χ2v) is 5.94. The van der Waals surface area contributed by atoms with Crippen LogP contribution in [0.25, 0.3) is 10.8 Å². The average molecular weight is 237 g/mol. The van der Waals surface area contributed by atoms with Gasteiger partial charge in [-0.15, -0.1) is 0 Å². The van der Waals surface area contributed by atoms with Gasteiger partial charge in [0.1, 0.15) is 0 Å². The van der Waals surface area contributed by atoms with E-state index in [1.807, 2.05) is 0 Å². The summed E-state index contributed by atoms with van der Waals surface area (Å²) in [6, 6.07) is 11.5. The lowest BCUT2D eigenvalue weighted by Crippen LogP contribution is -2.11. The van der Waals surface area contributed by atoms with Crippen LogP contribution >= 0.6 is 0 Å². The number of benzene rings is 2. The van der Waals surface area contributed by atoms with Crippen molar-refractivity contribution in [2.75, 3.05) is 0 Å². The summed E-state index contributed by atoms with van der Waals surface area (Å²) in [5.41, 5.74) is 10.8. The highest BCUT2D eigenvalue weighted by Gasteiger charge is 2.26. The maximum Gasteiger partial charge on any atom is 0.0303 e. The zero-order chi connectivity index (χ0) is 12.1. The predicted molar refractivity (Wildman–Crippen MR) is 75.6 cm³/mol. The quantitative estimate of drug-likeness (QED) is 0.864. The standard InChI is InChI=1S/C17H19N/c18-16(10-11-4-5-11)14-9-8-13-7-6-12-2-1-3-15(14)17(12)13/h1-3,8-9,11,16H,4-7,10,18H2. The molecule has 1 nitrogen and oxygen atoms in total. The highest BCUT2D eigenvalue weighted by Crippen LogP contribution is 2.40. The Morgan fingerprint density at radius 1 is 1.06 bits per heavy atom. The van der Waals surface area contributed by atoms with Gasteiger partial charge in [0.05, 0.1) is 0 Å². The van der Waals surface area contributed by atoms with Crippen molar-refractivity contribution in [3.8, 4) is 0 Å². The Bertz CT molecular complexity index is 600. The lowest BCUT2D eigenvalue weighted by atomic mass is 9.93. The number of nitrogens with two attached hydrogens (primary N) is 1. The fraction of sp³-hybridized carbons (Fsp3) is 0.412. The molecule has 1 atom stereocenters. The molecule has 0 aromatic heterocycles. The van der Waals surface area contributed by atoms with Gasteiger partial charge in [-0.2, -0.15) is 0 Å². The van der Waals surface area contributed by atoms with E-state index in [9.17, 15) is 0 Å². The first-order chi connectivity index (χ1) is 8.83. The molecule has 0 radical (unpaired) electrons. The van der Waals surface area contributed by atoms with Crippen LogP contribution in [0.15, 0.2) is 30.3 Å². The van der Waals surface area contributed by atoms with Gasteiger partial charge >= 0.3 is 0 Å². The summed E-state index contributed by atoms with van der Waals surface area (Å²) in [4.78, 5) is 0. The van der Waals surface area contributed by atoms with E-state index in [1.165, 1.54) is 59.6 Å². The molecule has 2 aliphatic rings. The van der Waals surface area contributed by atoms with E-state index in [-0.39, 0.29) is 6.04 Å². The van der Waals surface area contributed by atoms with Gasteiger partial charge in [-0.3, -0.25) is 0 Å². The molecule has 1 saturated carbocycles. The van der Waals surface area contributed by atoms with Crippen molar-refractivity contribution in [1.29, 1.82) is 0 Å². The Kier molecular flexibility index (Phi) is 2.25. The third-order valence-electron chi connectivity index (χ3n) is 4.59. The van der Waals surface area contributed by atoms with Gasteiger partial charge < -0.3 is 5.73 Å². The molecule has 0 heterocycles. The molecule has 0 bridgehead atoms. The summed E-state index contributed by atoms with van der Waals surface area (Å²) >= 11 is 0. The molecular weight excluding hydrogens is 218 g/mol. The molecular formula is C17H19N. The number of hydrogen-bond acceptors (Lipinski definition) is 1. The van der Waals surface area contributed by atoms with Crippen LogP contribution in [0, 0.1) is 5.92 Å². The summed E-state index contributed by atoms with van der Waals surface area (Å²) in [5.74, 6) is 0.892. The second kappa shape index (κ2) is 3.83. The molecule has 2 N–H and O–H groups in total. The van der Waals surface area contributed by atoms with Gasteiger partial charge in [-0.05, 0) is 52.6 Å². The normalized spacial score (nSPS) is 19.4. The van der Waals surface area contributed by atoms with Gasteiger partial charge in [0, 0.05) is 6.04 Å². The Labute approximate surface area is 108 Å². The maximum atomic E-state index is 6.42. The molecule has 0 amide bonds.